The lowest BCUT2D eigenvalue weighted by atomic mass is 9.82. The van der Waals surface area contributed by atoms with Crippen molar-refractivity contribution >= 4 is 0 Å². The van der Waals surface area contributed by atoms with Crippen molar-refractivity contribution in [1.82, 2.24) is 10.2 Å². The molecular weight excluding hydrogens is 220 g/mol. The van der Waals surface area contributed by atoms with E-state index in [4.69, 9.17) is 0 Å². The summed E-state index contributed by atoms with van der Waals surface area (Å²) in [5.41, 5.74) is 0. The van der Waals surface area contributed by atoms with E-state index >= 15 is 0 Å². The van der Waals surface area contributed by atoms with E-state index in [0.717, 1.165) is 17.9 Å². The molecule has 1 aliphatic heterocycles. The topological polar surface area (TPSA) is 15.3 Å². The van der Waals surface area contributed by atoms with Gasteiger partial charge in [0.05, 0.1) is 0 Å². The Labute approximate surface area is 114 Å². The lowest BCUT2D eigenvalue weighted by molar-refractivity contribution is 0.167. The summed E-state index contributed by atoms with van der Waals surface area (Å²) in [7, 11) is 0. The maximum absolute atomic E-state index is 3.67. The molecule has 2 fully saturated rings. The van der Waals surface area contributed by atoms with Gasteiger partial charge in [-0.2, -0.15) is 0 Å². The van der Waals surface area contributed by atoms with Crippen molar-refractivity contribution in [3.8, 4) is 0 Å². The summed E-state index contributed by atoms with van der Waals surface area (Å²) < 4.78 is 0. The van der Waals surface area contributed by atoms with Crippen LogP contribution in [0.5, 0.6) is 0 Å². The highest BCUT2D eigenvalue weighted by atomic mass is 15.1. The van der Waals surface area contributed by atoms with Crippen LogP contribution in [0.15, 0.2) is 0 Å². The second-order valence-corrected chi connectivity index (χ2v) is 6.63. The van der Waals surface area contributed by atoms with Crippen molar-refractivity contribution in [1.29, 1.82) is 0 Å². The predicted octanol–water partition coefficient (Wildman–Crippen LogP) is 3.28. The molecule has 106 valence electrons. The van der Waals surface area contributed by atoms with Crippen molar-refractivity contribution < 1.29 is 0 Å². The van der Waals surface area contributed by atoms with Crippen LogP contribution in [0.4, 0.5) is 0 Å². The molecule has 1 aliphatic carbocycles. The second kappa shape index (κ2) is 7.49. The van der Waals surface area contributed by atoms with Crippen molar-refractivity contribution in [2.45, 2.75) is 64.8 Å². The van der Waals surface area contributed by atoms with E-state index in [1.807, 2.05) is 0 Å². The summed E-state index contributed by atoms with van der Waals surface area (Å²) in [6.07, 6.45) is 9.86. The third-order valence-corrected chi connectivity index (χ3v) is 5.02. The molecule has 0 radical (unpaired) electrons. The Morgan fingerprint density at radius 3 is 2.56 bits per heavy atom. The average Bonchev–Trinajstić information content (AvgIpc) is 2.36. The van der Waals surface area contributed by atoms with Crippen molar-refractivity contribution in [2.24, 2.45) is 11.8 Å². The Balaban J connectivity index is 1.73. The smallest absolute Gasteiger partial charge is 0.00766 e. The molecule has 0 spiro atoms. The molecule has 2 nitrogen and oxygen atoms in total. The zero-order chi connectivity index (χ0) is 12.8. The molecule has 2 aliphatic rings. The Bertz CT molecular complexity index is 221. The van der Waals surface area contributed by atoms with Crippen LogP contribution in [0.2, 0.25) is 0 Å². The molecule has 0 bridgehead atoms. The third-order valence-electron chi connectivity index (χ3n) is 5.02. The van der Waals surface area contributed by atoms with E-state index in [0.29, 0.717) is 0 Å². The standard InChI is InChI=1S/C16H32N2/c1-3-16-9-12-18(11-4-10-17-16)13-15-7-5-14(2)6-8-15/h14-17H,3-13H2,1-2H3. The summed E-state index contributed by atoms with van der Waals surface area (Å²) in [6, 6.07) is 0.763. The lowest BCUT2D eigenvalue weighted by Crippen LogP contribution is -2.41. The van der Waals surface area contributed by atoms with E-state index < -0.39 is 0 Å². The molecule has 1 atom stereocenters. The van der Waals surface area contributed by atoms with E-state index in [2.05, 4.69) is 24.1 Å². The largest absolute Gasteiger partial charge is 0.314 e. The third kappa shape index (κ3) is 4.55. The quantitative estimate of drug-likeness (QED) is 0.829. The summed E-state index contributed by atoms with van der Waals surface area (Å²) >= 11 is 0. The van der Waals surface area contributed by atoms with Crippen LogP contribution in [0.25, 0.3) is 0 Å². The van der Waals surface area contributed by atoms with Crippen molar-refractivity contribution in [2.75, 3.05) is 26.2 Å². The van der Waals surface area contributed by atoms with Gasteiger partial charge in [-0.3, -0.25) is 0 Å². The van der Waals surface area contributed by atoms with E-state index in [-0.39, 0.29) is 0 Å². The average molecular weight is 252 g/mol. The van der Waals surface area contributed by atoms with Gasteiger partial charge >= 0.3 is 0 Å². The summed E-state index contributed by atoms with van der Waals surface area (Å²) in [6.45, 7) is 9.96. The number of hydrogen-bond donors (Lipinski definition) is 1. The fourth-order valence-electron chi connectivity index (χ4n) is 3.57. The van der Waals surface area contributed by atoms with Crippen molar-refractivity contribution in [3.05, 3.63) is 0 Å². The maximum atomic E-state index is 3.67. The van der Waals surface area contributed by atoms with Gasteiger partial charge in [0.15, 0.2) is 0 Å². The second-order valence-electron chi connectivity index (χ2n) is 6.63. The first-order valence-corrected chi connectivity index (χ1v) is 8.23. The molecule has 0 aromatic carbocycles. The predicted molar refractivity (Wildman–Crippen MR) is 78.9 cm³/mol. The normalized spacial score (nSPS) is 36.0. The minimum atomic E-state index is 0.763. The molecule has 2 rings (SSSR count). The molecule has 1 heterocycles. The van der Waals surface area contributed by atoms with E-state index in [1.54, 1.807) is 0 Å². The van der Waals surface area contributed by atoms with Gasteiger partial charge in [0.25, 0.3) is 0 Å². The Morgan fingerprint density at radius 2 is 1.83 bits per heavy atom. The van der Waals surface area contributed by atoms with Gasteiger partial charge in [-0.1, -0.05) is 26.7 Å². The first-order valence-electron chi connectivity index (χ1n) is 8.23. The Hall–Kier alpha value is -0.0800. The lowest BCUT2D eigenvalue weighted by Gasteiger charge is -2.34. The van der Waals surface area contributed by atoms with Crippen LogP contribution in [0, 0.1) is 11.8 Å². The van der Waals surface area contributed by atoms with Gasteiger partial charge in [-0.15, -0.1) is 0 Å². The molecule has 2 heteroatoms. The van der Waals surface area contributed by atoms with E-state index in [9.17, 15) is 0 Å². The van der Waals surface area contributed by atoms with Crippen LogP contribution in [0.3, 0.4) is 0 Å². The molecular formula is C16H32N2. The fourth-order valence-corrected chi connectivity index (χ4v) is 3.57. The highest BCUT2D eigenvalue weighted by Crippen LogP contribution is 2.29. The van der Waals surface area contributed by atoms with Gasteiger partial charge in [-0.25, -0.2) is 0 Å². The SMILES string of the molecule is CCC1CCN(CC2CCC(C)CC2)CCCN1. The highest BCUT2D eigenvalue weighted by Gasteiger charge is 2.21. The molecule has 1 unspecified atom stereocenters. The van der Waals surface area contributed by atoms with Crippen molar-refractivity contribution in [3.63, 3.8) is 0 Å². The summed E-state index contributed by atoms with van der Waals surface area (Å²) in [5.74, 6) is 1.98. The minimum Gasteiger partial charge on any atom is -0.314 e. The molecule has 1 N–H and O–H groups in total. The Kier molecular flexibility index (Phi) is 5.97. The van der Waals surface area contributed by atoms with Gasteiger partial charge < -0.3 is 10.2 Å². The van der Waals surface area contributed by atoms with Crippen LogP contribution in [0.1, 0.15) is 58.8 Å². The number of hydrogen-bond acceptors (Lipinski definition) is 2. The van der Waals surface area contributed by atoms with Gasteiger partial charge in [0.1, 0.15) is 0 Å². The molecule has 1 saturated heterocycles. The maximum Gasteiger partial charge on any atom is 0.00766 e. The summed E-state index contributed by atoms with van der Waals surface area (Å²) in [5, 5.41) is 3.67. The van der Waals surface area contributed by atoms with Gasteiger partial charge in [-0.05, 0) is 63.6 Å². The molecule has 0 aromatic heterocycles. The number of nitrogens with one attached hydrogen (secondary N) is 1. The molecule has 0 aromatic rings. The minimum absolute atomic E-state index is 0.763. The van der Waals surface area contributed by atoms with Crippen LogP contribution < -0.4 is 5.32 Å². The fraction of sp³-hybridized carbons (Fsp3) is 1.00. The first-order chi connectivity index (χ1) is 8.78. The van der Waals surface area contributed by atoms with Gasteiger partial charge in [0.2, 0.25) is 0 Å². The van der Waals surface area contributed by atoms with Gasteiger partial charge in [0, 0.05) is 12.6 Å². The van der Waals surface area contributed by atoms with Crippen LogP contribution in [-0.2, 0) is 0 Å². The molecule has 1 saturated carbocycles. The van der Waals surface area contributed by atoms with Crippen LogP contribution in [-0.4, -0.2) is 37.1 Å². The zero-order valence-corrected chi connectivity index (χ0v) is 12.5. The molecule has 18 heavy (non-hydrogen) atoms. The number of rotatable bonds is 3. The molecule has 0 amide bonds. The highest BCUT2D eigenvalue weighted by molar-refractivity contribution is 4.77. The number of nitrogens with zero attached hydrogens (tertiary/aromatic N) is 1. The van der Waals surface area contributed by atoms with Crippen LogP contribution >= 0.6 is 0 Å². The monoisotopic (exact) mass is 252 g/mol. The van der Waals surface area contributed by atoms with E-state index in [1.165, 1.54) is 71.1 Å². The first kappa shape index (κ1) is 14.3. The summed E-state index contributed by atoms with van der Waals surface area (Å²) in [4.78, 5) is 2.75. The Morgan fingerprint density at radius 1 is 1.06 bits per heavy atom. The zero-order valence-electron chi connectivity index (χ0n) is 12.5.